The van der Waals surface area contributed by atoms with Gasteiger partial charge in [0.15, 0.2) is 23.4 Å². The van der Waals surface area contributed by atoms with Crippen molar-refractivity contribution in [2.45, 2.75) is 44.0 Å². The Morgan fingerprint density at radius 2 is 1.76 bits per heavy atom. The lowest BCUT2D eigenvalue weighted by molar-refractivity contribution is -0.171. The fourth-order valence-electron chi connectivity index (χ4n) is 6.31. The molecule has 2 aromatic carbocycles. The highest BCUT2D eigenvalue weighted by molar-refractivity contribution is 6.09. The molecule has 0 saturated heterocycles. The number of allylic oxidation sites excluding steroid dienone is 2. The van der Waals surface area contributed by atoms with Crippen LogP contribution in [0.3, 0.4) is 0 Å². The van der Waals surface area contributed by atoms with Crippen LogP contribution in [0.5, 0.6) is 17.2 Å². The van der Waals surface area contributed by atoms with Gasteiger partial charge in [0.1, 0.15) is 23.7 Å². The highest BCUT2D eigenvalue weighted by Crippen LogP contribution is 2.62. The van der Waals surface area contributed by atoms with Crippen LogP contribution >= 0.6 is 0 Å². The molecule has 2 aliphatic heterocycles. The minimum atomic E-state index is -1.88. The highest BCUT2D eigenvalue weighted by atomic mass is 16.7. The van der Waals surface area contributed by atoms with E-state index in [1.807, 2.05) is 0 Å². The van der Waals surface area contributed by atoms with Crippen LogP contribution in [0.15, 0.2) is 59.6 Å². The van der Waals surface area contributed by atoms with Gasteiger partial charge in [-0.15, -0.1) is 0 Å². The average molecular weight is 579 g/mol. The van der Waals surface area contributed by atoms with Crippen LogP contribution in [0.4, 0.5) is 0 Å². The Labute approximate surface area is 241 Å². The molecule has 11 nitrogen and oxygen atoms in total. The molecule has 0 radical (unpaired) electrons. The molecule has 4 aliphatic rings. The fraction of sp³-hybridized carbons (Fsp3) is 0.387. The van der Waals surface area contributed by atoms with Crippen molar-refractivity contribution in [1.29, 1.82) is 0 Å². The van der Waals surface area contributed by atoms with Gasteiger partial charge in [0.2, 0.25) is 24.1 Å². The lowest BCUT2D eigenvalue weighted by atomic mass is 9.59. The Kier molecular flexibility index (Phi) is 6.45. The number of esters is 2. The van der Waals surface area contributed by atoms with Crippen LogP contribution in [0.2, 0.25) is 0 Å². The molecular formula is C31H30O11. The summed E-state index contributed by atoms with van der Waals surface area (Å²) in [6.45, 7) is 4.03. The molecule has 2 aromatic rings. The van der Waals surface area contributed by atoms with Gasteiger partial charge in [0.05, 0.1) is 19.8 Å². The zero-order valence-electron chi connectivity index (χ0n) is 23.7. The van der Waals surface area contributed by atoms with Crippen molar-refractivity contribution in [1.82, 2.24) is 0 Å². The second-order valence-corrected chi connectivity index (χ2v) is 10.8. The molecule has 42 heavy (non-hydrogen) atoms. The van der Waals surface area contributed by atoms with Crippen LogP contribution in [-0.4, -0.2) is 62.2 Å². The van der Waals surface area contributed by atoms with Gasteiger partial charge in [-0.1, -0.05) is 25.1 Å². The van der Waals surface area contributed by atoms with E-state index in [4.69, 9.17) is 33.2 Å². The summed E-state index contributed by atoms with van der Waals surface area (Å²) in [4.78, 5) is 40.6. The first kappa shape index (κ1) is 27.6. The second kappa shape index (κ2) is 9.80. The SMILES string of the molecule is COC1=C(OC)C(=O)[C@]23COc4c5c(cc(c42)[C@H](OC(=O)c2ccccc2)[C@H](C)[C@](C)(O)[C@@H](OC(C)=O)C3=C1)OCO5. The summed E-state index contributed by atoms with van der Waals surface area (Å²) >= 11 is 0. The smallest absolute Gasteiger partial charge is 0.338 e. The molecule has 11 heteroatoms. The Bertz CT molecular complexity index is 1550. The van der Waals surface area contributed by atoms with Crippen molar-refractivity contribution in [3.8, 4) is 17.2 Å². The number of carbonyl (C=O) groups excluding carboxylic acids is 3. The van der Waals surface area contributed by atoms with Gasteiger partial charge in [-0.3, -0.25) is 9.59 Å². The summed E-state index contributed by atoms with van der Waals surface area (Å²) in [5.74, 6) is -1.94. The number of aliphatic hydroxyl groups is 1. The standard InChI is InChI=1S/C31H30O11/c1-15-23(42-29(34)17-9-7-6-8-10-17)18-11-21-24(40-14-39-21)26-22(18)31(13-38-26)19(28(30(15,3)35)41-16(2)32)12-20(36-4)25(37-5)27(31)33/h6-12,15,23,28,35H,13-14H2,1-5H3/t15-,23+,28-,30-,31-/m0/s1. The molecule has 1 N–H and O–H groups in total. The summed E-state index contributed by atoms with van der Waals surface area (Å²) in [6.07, 6.45) is -0.998. The maximum atomic E-state index is 14.6. The van der Waals surface area contributed by atoms with Crippen LogP contribution in [0, 0.1) is 5.92 Å². The lowest BCUT2D eigenvalue weighted by Gasteiger charge is -2.48. The maximum Gasteiger partial charge on any atom is 0.338 e. The third-order valence-electron chi connectivity index (χ3n) is 8.55. The van der Waals surface area contributed by atoms with Gasteiger partial charge in [-0.2, -0.15) is 0 Å². The van der Waals surface area contributed by atoms with Crippen molar-refractivity contribution in [3.63, 3.8) is 0 Å². The Hall–Kier alpha value is -4.51. The number of fused-ring (bicyclic) bond motifs is 2. The van der Waals surface area contributed by atoms with E-state index < -0.39 is 46.9 Å². The molecule has 0 bridgehead atoms. The summed E-state index contributed by atoms with van der Waals surface area (Å²) < 4.78 is 40.6. The molecule has 1 spiro atoms. The summed E-state index contributed by atoms with van der Waals surface area (Å²) in [5.41, 5.74) is -2.31. The first-order valence-corrected chi connectivity index (χ1v) is 13.4. The van der Waals surface area contributed by atoms with E-state index in [-0.39, 0.29) is 47.6 Å². The molecule has 0 aromatic heterocycles. The highest BCUT2D eigenvalue weighted by Gasteiger charge is 2.64. The number of methoxy groups -OCH3 is 2. The van der Waals surface area contributed by atoms with Crippen molar-refractivity contribution in [2.75, 3.05) is 27.6 Å². The van der Waals surface area contributed by atoms with Gasteiger partial charge in [-0.05, 0) is 36.8 Å². The molecule has 5 atom stereocenters. The quantitative estimate of drug-likeness (QED) is 0.524. The number of benzene rings is 2. The zero-order chi connectivity index (χ0) is 30.0. The van der Waals surface area contributed by atoms with E-state index in [1.54, 1.807) is 43.3 Å². The molecule has 2 heterocycles. The topological polar surface area (TPSA) is 136 Å². The summed E-state index contributed by atoms with van der Waals surface area (Å²) in [6, 6.07) is 10.0. The number of Topliss-reactive ketones (excluding diaryl/α,β-unsaturated/α-hetero) is 1. The maximum absolute atomic E-state index is 14.6. The molecule has 0 saturated carbocycles. The monoisotopic (exact) mass is 578 g/mol. The van der Waals surface area contributed by atoms with Gasteiger partial charge >= 0.3 is 11.9 Å². The third-order valence-corrected chi connectivity index (χ3v) is 8.55. The normalized spacial score (nSPS) is 28.9. The minimum absolute atomic E-state index is 0.0889. The van der Waals surface area contributed by atoms with E-state index >= 15 is 0 Å². The van der Waals surface area contributed by atoms with Crippen LogP contribution in [-0.2, 0) is 34.0 Å². The lowest BCUT2D eigenvalue weighted by Crippen LogP contribution is -2.58. The number of hydrogen-bond acceptors (Lipinski definition) is 11. The fourth-order valence-corrected chi connectivity index (χ4v) is 6.31. The van der Waals surface area contributed by atoms with Crippen molar-refractivity contribution >= 4 is 17.7 Å². The first-order valence-electron chi connectivity index (χ1n) is 13.4. The van der Waals surface area contributed by atoms with Gasteiger partial charge < -0.3 is 38.3 Å². The molecule has 0 amide bonds. The number of carbonyl (C=O) groups is 3. The van der Waals surface area contributed by atoms with E-state index in [2.05, 4.69) is 0 Å². The minimum Gasteiger partial charge on any atom is -0.493 e. The van der Waals surface area contributed by atoms with Crippen LogP contribution < -0.4 is 14.2 Å². The first-order chi connectivity index (χ1) is 20.1. The number of hydrogen-bond donors (Lipinski definition) is 1. The van der Waals surface area contributed by atoms with Gasteiger partial charge in [0, 0.05) is 24.0 Å². The van der Waals surface area contributed by atoms with E-state index in [0.29, 0.717) is 16.9 Å². The van der Waals surface area contributed by atoms with Crippen molar-refractivity contribution in [3.05, 3.63) is 76.3 Å². The number of rotatable bonds is 5. The van der Waals surface area contributed by atoms with Gasteiger partial charge in [0.25, 0.3) is 0 Å². The van der Waals surface area contributed by atoms with E-state index in [1.165, 1.54) is 34.1 Å². The number of ketones is 1. The molecule has 0 unspecified atom stereocenters. The van der Waals surface area contributed by atoms with Crippen LogP contribution in [0.25, 0.3) is 0 Å². The molecule has 220 valence electrons. The molecular weight excluding hydrogens is 548 g/mol. The second-order valence-electron chi connectivity index (χ2n) is 10.8. The number of ether oxygens (including phenoxy) is 7. The van der Waals surface area contributed by atoms with Crippen LogP contribution in [0.1, 0.15) is 48.4 Å². The van der Waals surface area contributed by atoms with Crippen molar-refractivity contribution in [2.24, 2.45) is 5.92 Å². The summed E-state index contributed by atoms with van der Waals surface area (Å²) in [5, 5.41) is 12.3. The average Bonchev–Trinajstić information content (AvgIpc) is 3.61. The van der Waals surface area contributed by atoms with Crippen molar-refractivity contribution < 1.29 is 52.6 Å². The Morgan fingerprint density at radius 1 is 1.02 bits per heavy atom. The largest absolute Gasteiger partial charge is 0.493 e. The molecule has 6 rings (SSSR count). The van der Waals surface area contributed by atoms with Gasteiger partial charge in [-0.25, -0.2) is 4.79 Å². The summed E-state index contributed by atoms with van der Waals surface area (Å²) in [7, 11) is 2.72. The molecule has 2 aliphatic carbocycles. The predicted octanol–water partition coefficient (Wildman–Crippen LogP) is 3.29. The van der Waals surface area contributed by atoms with E-state index in [9.17, 15) is 19.5 Å². The Balaban J connectivity index is 1.68. The Morgan fingerprint density at radius 3 is 2.43 bits per heavy atom. The predicted molar refractivity (Wildman–Crippen MR) is 144 cm³/mol. The molecule has 0 fully saturated rings. The third kappa shape index (κ3) is 3.79. The zero-order valence-corrected chi connectivity index (χ0v) is 23.7. The van der Waals surface area contributed by atoms with E-state index in [0.717, 1.165) is 0 Å².